The van der Waals surface area contributed by atoms with Crippen LogP contribution in [0.15, 0.2) is 0 Å². The van der Waals surface area contributed by atoms with Crippen molar-refractivity contribution in [3.8, 4) is 0 Å². The van der Waals surface area contributed by atoms with E-state index < -0.39 is 0 Å². The average molecular weight is 289 g/mol. The summed E-state index contributed by atoms with van der Waals surface area (Å²) in [6, 6.07) is 0. The first-order valence-electron chi connectivity index (χ1n) is 7.84. The molecule has 1 atom stereocenters. The highest BCUT2D eigenvalue weighted by Gasteiger charge is 2.20. The van der Waals surface area contributed by atoms with Crippen LogP contribution in [-0.2, 0) is 4.79 Å². The van der Waals surface area contributed by atoms with Crippen LogP contribution >= 0.6 is 12.4 Å². The Kier molecular flexibility index (Phi) is 8.47. The van der Waals surface area contributed by atoms with Crippen LogP contribution in [0.4, 0.5) is 0 Å². The zero-order valence-corrected chi connectivity index (χ0v) is 12.8. The van der Waals surface area contributed by atoms with Gasteiger partial charge in [-0.1, -0.05) is 32.1 Å². The lowest BCUT2D eigenvalue weighted by Crippen LogP contribution is -2.32. The Hall–Kier alpha value is -0.280. The second kappa shape index (κ2) is 9.60. The molecular weight excluding hydrogens is 260 g/mol. The van der Waals surface area contributed by atoms with Gasteiger partial charge in [-0.25, -0.2) is 0 Å². The number of carbonyl (C=O) groups excluding carboxylic acids is 1. The maximum Gasteiger partial charge on any atom is 0.223 e. The average Bonchev–Trinajstić information content (AvgIpc) is 2.81. The molecule has 2 aliphatic rings. The molecule has 0 spiro atoms. The highest BCUT2D eigenvalue weighted by atomic mass is 35.5. The fraction of sp³-hybridized carbons (Fsp3) is 0.933. The molecule has 1 aliphatic carbocycles. The number of halogens is 1. The summed E-state index contributed by atoms with van der Waals surface area (Å²) in [7, 11) is 0. The van der Waals surface area contributed by atoms with Gasteiger partial charge in [0, 0.05) is 12.5 Å². The van der Waals surface area contributed by atoms with Crippen LogP contribution in [0.3, 0.4) is 0 Å². The fourth-order valence-electron chi connectivity index (χ4n) is 3.22. The number of hydrogen-bond donors (Lipinski definition) is 2. The van der Waals surface area contributed by atoms with Crippen molar-refractivity contribution in [1.29, 1.82) is 0 Å². The normalized spacial score (nSPS) is 25.2. The van der Waals surface area contributed by atoms with Crippen molar-refractivity contribution < 1.29 is 4.79 Å². The molecule has 4 heteroatoms. The summed E-state index contributed by atoms with van der Waals surface area (Å²) in [5.74, 6) is 1.40. The summed E-state index contributed by atoms with van der Waals surface area (Å²) < 4.78 is 0. The Morgan fingerprint density at radius 1 is 1.05 bits per heavy atom. The van der Waals surface area contributed by atoms with Gasteiger partial charge >= 0.3 is 0 Å². The van der Waals surface area contributed by atoms with Crippen LogP contribution in [0, 0.1) is 11.8 Å². The molecule has 0 radical (unpaired) electrons. The minimum absolute atomic E-state index is 0. The lowest BCUT2D eigenvalue weighted by Gasteiger charge is -2.19. The molecule has 1 aliphatic heterocycles. The number of rotatable bonds is 4. The van der Waals surface area contributed by atoms with E-state index in [2.05, 4.69) is 10.6 Å². The van der Waals surface area contributed by atoms with E-state index in [9.17, 15) is 4.79 Å². The number of carbonyl (C=O) groups is 1. The van der Waals surface area contributed by atoms with Gasteiger partial charge in [-0.2, -0.15) is 0 Å². The van der Waals surface area contributed by atoms with Crippen LogP contribution in [0.5, 0.6) is 0 Å². The maximum absolute atomic E-state index is 12.1. The highest BCUT2D eigenvalue weighted by Crippen LogP contribution is 2.22. The van der Waals surface area contributed by atoms with Gasteiger partial charge in [0.2, 0.25) is 5.91 Å². The molecule has 0 aromatic rings. The van der Waals surface area contributed by atoms with Crippen molar-refractivity contribution in [1.82, 2.24) is 10.6 Å². The van der Waals surface area contributed by atoms with E-state index in [1.165, 1.54) is 38.5 Å². The lowest BCUT2D eigenvalue weighted by molar-refractivity contribution is -0.125. The minimum atomic E-state index is 0. The van der Waals surface area contributed by atoms with E-state index in [-0.39, 0.29) is 12.4 Å². The molecule has 2 N–H and O–H groups in total. The van der Waals surface area contributed by atoms with Gasteiger partial charge in [0.1, 0.15) is 0 Å². The summed E-state index contributed by atoms with van der Waals surface area (Å²) in [5.41, 5.74) is 0. The van der Waals surface area contributed by atoms with Crippen LogP contribution < -0.4 is 10.6 Å². The number of nitrogens with one attached hydrogen (secondary N) is 2. The van der Waals surface area contributed by atoms with E-state index >= 15 is 0 Å². The lowest BCUT2D eigenvalue weighted by atomic mass is 9.90. The molecule has 19 heavy (non-hydrogen) atoms. The van der Waals surface area contributed by atoms with Gasteiger partial charge in [-0.15, -0.1) is 12.4 Å². The number of amides is 1. The molecular formula is C15H29ClN2O. The summed E-state index contributed by atoms with van der Waals surface area (Å²) in [4.78, 5) is 12.1. The van der Waals surface area contributed by atoms with Crippen molar-refractivity contribution in [2.24, 2.45) is 11.8 Å². The summed E-state index contributed by atoms with van der Waals surface area (Å²) in [6.45, 7) is 3.17. The highest BCUT2D eigenvalue weighted by molar-refractivity contribution is 5.85. The summed E-state index contributed by atoms with van der Waals surface area (Å²) in [6.07, 6.45) is 11.1. The van der Waals surface area contributed by atoms with E-state index in [0.29, 0.717) is 11.8 Å². The predicted octanol–water partition coefficient (Wildman–Crippen LogP) is 2.88. The minimum Gasteiger partial charge on any atom is -0.356 e. The third kappa shape index (κ3) is 6.13. The van der Waals surface area contributed by atoms with Crippen LogP contribution in [0.2, 0.25) is 0 Å². The Labute approximate surface area is 123 Å². The first-order valence-corrected chi connectivity index (χ1v) is 7.84. The molecule has 1 saturated carbocycles. The Morgan fingerprint density at radius 3 is 2.37 bits per heavy atom. The van der Waals surface area contributed by atoms with Crippen molar-refractivity contribution >= 4 is 18.3 Å². The molecule has 3 nitrogen and oxygen atoms in total. The molecule has 2 rings (SSSR count). The number of hydrogen-bond acceptors (Lipinski definition) is 2. The largest absolute Gasteiger partial charge is 0.356 e. The Morgan fingerprint density at radius 2 is 1.74 bits per heavy atom. The monoisotopic (exact) mass is 288 g/mol. The molecule has 1 amide bonds. The van der Waals surface area contributed by atoms with Gasteiger partial charge < -0.3 is 10.6 Å². The fourth-order valence-corrected chi connectivity index (χ4v) is 3.22. The molecule has 1 heterocycles. The molecule has 2 fully saturated rings. The Balaban J connectivity index is 0.00000180. The smallest absolute Gasteiger partial charge is 0.223 e. The van der Waals surface area contributed by atoms with Gasteiger partial charge in [0.15, 0.2) is 0 Å². The molecule has 0 bridgehead atoms. The van der Waals surface area contributed by atoms with Crippen molar-refractivity contribution in [2.45, 2.75) is 57.8 Å². The summed E-state index contributed by atoms with van der Waals surface area (Å²) in [5, 5.41) is 6.54. The quantitative estimate of drug-likeness (QED) is 0.835. The standard InChI is InChI=1S/C15H28N2O.ClH/c18-15(14-6-4-2-1-3-5-7-14)17-11-9-13-8-10-16-12-13;/h13-14,16H,1-12H2,(H,17,18);1H. The predicted molar refractivity (Wildman–Crippen MR) is 81.7 cm³/mol. The van der Waals surface area contributed by atoms with Gasteiger partial charge in [-0.3, -0.25) is 4.79 Å². The second-order valence-corrected chi connectivity index (χ2v) is 5.98. The zero-order chi connectivity index (χ0) is 12.6. The van der Waals surface area contributed by atoms with Crippen LogP contribution in [-0.4, -0.2) is 25.5 Å². The van der Waals surface area contributed by atoms with Crippen molar-refractivity contribution in [2.75, 3.05) is 19.6 Å². The van der Waals surface area contributed by atoms with E-state index in [1.807, 2.05) is 0 Å². The SMILES string of the molecule is Cl.O=C(NCCC1CCNC1)C1CCCCCCC1. The molecule has 1 unspecified atom stereocenters. The van der Waals surface area contributed by atoms with Crippen LogP contribution in [0.1, 0.15) is 57.8 Å². The third-order valence-electron chi connectivity index (χ3n) is 4.49. The van der Waals surface area contributed by atoms with Crippen LogP contribution in [0.25, 0.3) is 0 Å². The Bertz CT molecular complexity index is 247. The molecule has 1 saturated heterocycles. The van der Waals surface area contributed by atoms with Gasteiger partial charge in [-0.05, 0) is 44.7 Å². The van der Waals surface area contributed by atoms with E-state index in [1.54, 1.807) is 0 Å². The molecule has 112 valence electrons. The molecule has 0 aromatic heterocycles. The second-order valence-electron chi connectivity index (χ2n) is 5.98. The first kappa shape index (κ1) is 16.8. The van der Waals surface area contributed by atoms with E-state index in [0.717, 1.165) is 44.8 Å². The van der Waals surface area contributed by atoms with Crippen molar-refractivity contribution in [3.63, 3.8) is 0 Å². The van der Waals surface area contributed by atoms with Gasteiger partial charge in [0.25, 0.3) is 0 Å². The maximum atomic E-state index is 12.1. The first-order chi connectivity index (χ1) is 8.86. The summed E-state index contributed by atoms with van der Waals surface area (Å²) >= 11 is 0. The third-order valence-corrected chi connectivity index (χ3v) is 4.49. The van der Waals surface area contributed by atoms with E-state index in [4.69, 9.17) is 0 Å². The zero-order valence-electron chi connectivity index (χ0n) is 12.0. The topological polar surface area (TPSA) is 41.1 Å². The van der Waals surface area contributed by atoms with Crippen molar-refractivity contribution in [3.05, 3.63) is 0 Å². The van der Waals surface area contributed by atoms with Gasteiger partial charge in [0.05, 0.1) is 0 Å². The molecule has 0 aromatic carbocycles.